The van der Waals surface area contributed by atoms with Crippen LogP contribution in [0.5, 0.6) is 0 Å². The average Bonchev–Trinajstić information content (AvgIpc) is 2.75. The van der Waals surface area contributed by atoms with Crippen LogP contribution in [0.15, 0.2) is 6.20 Å². The van der Waals surface area contributed by atoms with Crippen molar-refractivity contribution in [3.05, 3.63) is 22.7 Å². The van der Waals surface area contributed by atoms with Gasteiger partial charge in [-0.1, -0.05) is 11.3 Å². The second-order valence-electron chi connectivity index (χ2n) is 3.14. The summed E-state index contributed by atoms with van der Waals surface area (Å²) in [5.74, 6) is 6.95. The van der Waals surface area contributed by atoms with E-state index in [2.05, 4.69) is 20.5 Å². The largest absolute Gasteiger partial charge is 0.300 e. The average molecular weight is 224 g/mol. The molecule has 7 heteroatoms. The number of thiazole rings is 1. The zero-order valence-electron chi connectivity index (χ0n) is 8.56. The van der Waals surface area contributed by atoms with Gasteiger partial charge in [0.2, 0.25) is 0 Å². The van der Waals surface area contributed by atoms with E-state index in [1.54, 1.807) is 6.20 Å². The van der Waals surface area contributed by atoms with Crippen molar-refractivity contribution in [1.82, 2.24) is 19.7 Å². The molecule has 0 bridgehead atoms. The van der Waals surface area contributed by atoms with Crippen LogP contribution in [0.25, 0.3) is 0 Å². The van der Waals surface area contributed by atoms with E-state index in [1.165, 1.54) is 11.3 Å². The van der Waals surface area contributed by atoms with Gasteiger partial charge in [-0.2, -0.15) is 5.10 Å². The molecular formula is C8H12N6S. The van der Waals surface area contributed by atoms with E-state index in [4.69, 9.17) is 5.84 Å². The smallest absolute Gasteiger partial charge is 0.197 e. The summed E-state index contributed by atoms with van der Waals surface area (Å²) in [6, 6.07) is 0. The molecule has 0 aliphatic rings. The van der Waals surface area contributed by atoms with Crippen molar-refractivity contribution in [3.8, 4) is 0 Å². The lowest BCUT2D eigenvalue weighted by Crippen LogP contribution is -2.05. The Morgan fingerprint density at radius 2 is 2.33 bits per heavy atom. The molecule has 3 N–H and O–H groups in total. The van der Waals surface area contributed by atoms with Crippen molar-refractivity contribution in [2.24, 2.45) is 5.84 Å². The molecule has 0 saturated carbocycles. The first kappa shape index (κ1) is 10.1. The fourth-order valence-electron chi connectivity index (χ4n) is 1.31. The Labute approximate surface area is 91.1 Å². The highest BCUT2D eigenvalue weighted by Crippen LogP contribution is 2.17. The number of aryl methyl sites for hydroxylation is 2. The summed E-state index contributed by atoms with van der Waals surface area (Å²) in [5.41, 5.74) is 2.52. The summed E-state index contributed by atoms with van der Waals surface area (Å²) >= 11 is 1.51. The lowest BCUT2D eigenvalue weighted by Gasteiger charge is -1.98. The number of rotatable bonds is 3. The second kappa shape index (κ2) is 3.95. The molecule has 2 heterocycles. The molecular weight excluding hydrogens is 212 g/mol. The third-order valence-corrected chi connectivity index (χ3v) is 2.86. The van der Waals surface area contributed by atoms with Crippen molar-refractivity contribution in [3.63, 3.8) is 0 Å². The number of hydrogen-bond acceptors (Lipinski definition) is 6. The minimum atomic E-state index is 0.687. The molecule has 2 aromatic heterocycles. The quantitative estimate of drug-likeness (QED) is 0.592. The van der Waals surface area contributed by atoms with E-state index in [-0.39, 0.29) is 0 Å². The number of aromatic nitrogens is 4. The third kappa shape index (κ3) is 2.13. The van der Waals surface area contributed by atoms with Crippen LogP contribution in [0.2, 0.25) is 0 Å². The summed E-state index contributed by atoms with van der Waals surface area (Å²) in [7, 11) is 0. The van der Waals surface area contributed by atoms with Crippen LogP contribution in [0.1, 0.15) is 16.5 Å². The molecule has 0 aliphatic heterocycles. The van der Waals surface area contributed by atoms with Gasteiger partial charge in [-0.05, 0) is 13.8 Å². The summed E-state index contributed by atoms with van der Waals surface area (Å²) < 4.78 is 1.85. The first-order chi connectivity index (χ1) is 7.19. The molecule has 2 rings (SSSR count). The number of nitrogens with zero attached hydrogens (tertiary/aromatic N) is 4. The van der Waals surface area contributed by atoms with Gasteiger partial charge in [-0.3, -0.25) is 5.43 Å². The van der Waals surface area contributed by atoms with E-state index in [1.807, 2.05) is 18.5 Å². The van der Waals surface area contributed by atoms with Crippen LogP contribution in [0.3, 0.4) is 0 Å². The summed E-state index contributed by atoms with van der Waals surface area (Å²) in [4.78, 5) is 9.41. The Bertz CT molecular complexity index is 459. The zero-order valence-corrected chi connectivity index (χ0v) is 9.38. The van der Waals surface area contributed by atoms with Crippen molar-refractivity contribution in [1.29, 1.82) is 0 Å². The summed E-state index contributed by atoms with van der Waals surface area (Å²) in [6.07, 6.45) is 1.79. The minimum absolute atomic E-state index is 0.687. The van der Waals surface area contributed by atoms with Gasteiger partial charge < -0.3 is 0 Å². The third-order valence-electron chi connectivity index (χ3n) is 1.95. The zero-order chi connectivity index (χ0) is 10.8. The predicted octanol–water partition coefficient (Wildman–Crippen LogP) is 0.685. The maximum Gasteiger partial charge on any atom is 0.197 e. The maximum absolute atomic E-state index is 5.25. The van der Waals surface area contributed by atoms with Crippen molar-refractivity contribution in [2.45, 2.75) is 20.4 Å². The normalized spacial score (nSPS) is 10.6. The molecule has 0 aromatic carbocycles. The van der Waals surface area contributed by atoms with Gasteiger partial charge in [0.1, 0.15) is 11.6 Å². The summed E-state index contributed by atoms with van der Waals surface area (Å²) in [5, 5.41) is 4.98. The first-order valence-corrected chi connectivity index (χ1v) is 5.30. The van der Waals surface area contributed by atoms with Crippen LogP contribution >= 0.6 is 11.3 Å². The molecule has 15 heavy (non-hydrogen) atoms. The number of anilines is 1. The molecule has 0 amide bonds. The van der Waals surface area contributed by atoms with Crippen molar-refractivity contribution >= 4 is 16.5 Å². The molecule has 80 valence electrons. The van der Waals surface area contributed by atoms with Crippen LogP contribution in [0.4, 0.5) is 5.13 Å². The van der Waals surface area contributed by atoms with Gasteiger partial charge in [-0.15, -0.1) is 0 Å². The highest BCUT2D eigenvalue weighted by atomic mass is 32.1. The molecule has 0 aliphatic carbocycles. The monoisotopic (exact) mass is 224 g/mol. The van der Waals surface area contributed by atoms with Crippen LogP contribution in [-0.4, -0.2) is 19.7 Å². The van der Waals surface area contributed by atoms with E-state index < -0.39 is 0 Å². The minimum Gasteiger partial charge on any atom is -0.300 e. The molecule has 6 nitrogen and oxygen atoms in total. The highest BCUT2D eigenvalue weighted by Gasteiger charge is 2.06. The number of nitrogens with two attached hydrogens (primary N) is 1. The van der Waals surface area contributed by atoms with Gasteiger partial charge >= 0.3 is 0 Å². The van der Waals surface area contributed by atoms with Crippen molar-refractivity contribution < 1.29 is 0 Å². The van der Waals surface area contributed by atoms with Crippen LogP contribution in [0, 0.1) is 13.8 Å². The van der Waals surface area contributed by atoms with E-state index in [9.17, 15) is 0 Å². The Kier molecular flexibility index (Phi) is 2.65. The molecule has 0 radical (unpaired) electrons. The molecule has 0 spiro atoms. The van der Waals surface area contributed by atoms with Gasteiger partial charge in [0, 0.05) is 11.1 Å². The van der Waals surface area contributed by atoms with Crippen LogP contribution < -0.4 is 11.3 Å². The van der Waals surface area contributed by atoms with Gasteiger partial charge in [0.15, 0.2) is 5.13 Å². The number of hydrogen-bond donors (Lipinski definition) is 2. The fraction of sp³-hybridized carbons (Fsp3) is 0.375. The predicted molar refractivity (Wildman–Crippen MR) is 58.5 cm³/mol. The van der Waals surface area contributed by atoms with E-state index >= 15 is 0 Å². The number of nitrogens with one attached hydrogen (secondary N) is 1. The van der Waals surface area contributed by atoms with Crippen LogP contribution in [-0.2, 0) is 6.54 Å². The Morgan fingerprint density at radius 3 is 2.87 bits per heavy atom. The maximum atomic E-state index is 5.25. The van der Waals surface area contributed by atoms with E-state index in [0.717, 1.165) is 16.5 Å². The lowest BCUT2D eigenvalue weighted by molar-refractivity contribution is 0.662. The lowest BCUT2D eigenvalue weighted by atomic mass is 10.5. The Balaban J connectivity index is 2.17. The second-order valence-corrected chi connectivity index (χ2v) is 4.26. The highest BCUT2D eigenvalue weighted by molar-refractivity contribution is 7.15. The first-order valence-electron chi connectivity index (χ1n) is 4.48. The molecule has 2 aromatic rings. The van der Waals surface area contributed by atoms with E-state index in [0.29, 0.717) is 11.7 Å². The number of hydrazine groups is 1. The topological polar surface area (TPSA) is 81.7 Å². The molecule has 0 saturated heterocycles. The van der Waals surface area contributed by atoms with Gasteiger partial charge in [-0.25, -0.2) is 20.5 Å². The molecule has 0 unspecified atom stereocenters. The molecule has 0 atom stereocenters. The van der Waals surface area contributed by atoms with Gasteiger partial charge in [0.05, 0.1) is 6.54 Å². The standard InChI is InChI=1S/C8H12N6S/c1-5-11-6(2)14(13-5)4-7-3-10-8(12-9)15-7/h3H,4,9H2,1-2H3,(H,10,12). The Morgan fingerprint density at radius 1 is 1.53 bits per heavy atom. The fourth-order valence-corrected chi connectivity index (χ4v) is 2.01. The number of nitrogen functional groups attached to an aromatic ring is 1. The Hall–Kier alpha value is -1.47. The molecule has 0 fully saturated rings. The SMILES string of the molecule is Cc1nc(C)n(Cc2cnc(NN)s2)n1. The van der Waals surface area contributed by atoms with Crippen molar-refractivity contribution in [2.75, 3.05) is 5.43 Å². The van der Waals surface area contributed by atoms with Gasteiger partial charge in [0.25, 0.3) is 0 Å². The summed E-state index contributed by atoms with van der Waals surface area (Å²) in [6.45, 7) is 4.50.